The Morgan fingerprint density at radius 3 is 2.03 bits per heavy atom. The lowest BCUT2D eigenvalue weighted by Crippen LogP contribution is -2.34. The van der Waals surface area contributed by atoms with Crippen molar-refractivity contribution in [1.29, 1.82) is 0 Å². The minimum absolute atomic E-state index is 0.0505. The predicted molar refractivity (Wildman–Crippen MR) is 127 cm³/mol. The van der Waals surface area contributed by atoms with Gasteiger partial charge in [-0.15, -0.1) is 0 Å². The fraction of sp³-hybridized carbons (Fsp3) is 0.269. The van der Waals surface area contributed by atoms with Gasteiger partial charge in [0.1, 0.15) is 10.6 Å². The van der Waals surface area contributed by atoms with Crippen molar-refractivity contribution in [1.82, 2.24) is 4.90 Å². The predicted octanol–water partition coefficient (Wildman–Crippen LogP) is 6.79. The molecule has 38 heavy (non-hydrogen) atoms. The Morgan fingerprint density at radius 2 is 1.42 bits per heavy atom. The highest BCUT2D eigenvalue weighted by atomic mass is 32.2. The molecular weight excluding hydrogens is 536 g/mol. The zero-order chi connectivity index (χ0) is 28.3. The number of rotatable bonds is 8. The summed E-state index contributed by atoms with van der Waals surface area (Å²) in [7, 11) is -4.63. The molecule has 0 saturated heterocycles. The van der Waals surface area contributed by atoms with E-state index in [4.69, 9.17) is 4.18 Å². The fourth-order valence-electron chi connectivity index (χ4n) is 3.59. The maximum atomic E-state index is 13.1. The van der Waals surface area contributed by atoms with Crippen molar-refractivity contribution in [3.63, 3.8) is 0 Å². The highest BCUT2D eigenvalue weighted by molar-refractivity contribution is 7.87. The van der Waals surface area contributed by atoms with Gasteiger partial charge in [-0.05, 0) is 60.0 Å². The Morgan fingerprint density at radius 1 is 0.842 bits per heavy atom. The van der Waals surface area contributed by atoms with Crippen LogP contribution in [0.25, 0.3) is 0 Å². The quantitative estimate of drug-likeness (QED) is 0.225. The molecule has 0 unspecified atom stereocenters. The molecule has 204 valence electrons. The number of halogens is 6. The third kappa shape index (κ3) is 7.50. The Labute approximate surface area is 215 Å². The van der Waals surface area contributed by atoms with Crippen molar-refractivity contribution >= 4 is 16.0 Å². The zero-order valence-electron chi connectivity index (χ0n) is 20.2. The van der Waals surface area contributed by atoms with Crippen LogP contribution in [0.2, 0.25) is 0 Å². The van der Waals surface area contributed by atoms with Gasteiger partial charge in [0, 0.05) is 18.7 Å². The maximum absolute atomic E-state index is 13.1. The lowest BCUT2D eigenvalue weighted by molar-refractivity contribution is -0.138. The summed E-state index contributed by atoms with van der Waals surface area (Å²) in [5.74, 6) is -0.922. The van der Waals surface area contributed by atoms with Crippen molar-refractivity contribution < 1.29 is 43.7 Å². The van der Waals surface area contributed by atoms with Gasteiger partial charge in [0.05, 0.1) is 11.1 Å². The summed E-state index contributed by atoms with van der Waals surface area (Å²) >= 11 is 0. The third-order valence-electron chi connectivity index (χ3n) is 5.24. The summed E-state index contributed by atoms with van der Waals surface area (Å²) in [4.78, 5) is 13.7. The summed E-state index contributed by atoms with van der Waals surface area (Å²) < 4.78 is 109. The van der Waals surface area contributed by atoms with Crippen molar-refractivity contribution in [3.05, 3.63) is 95.1 Å². The van der Waals surface area contributed by atoms with Crippen LogP contribution in [0.1, 0.15) is 40.9 Å². The summed E-state index contributed by atoms with van der Waals surface area (Å²) in [6.07, 6.45) is -9.38. The molecule has 0 heterocycles. The van der Waals surface area contributed by atoms with Crippen LogP contribution in [-0.4, -0.2) is 25.8 Å². The monoisotopic (exact) mass is 559 g/mol. The number of hydrogen-bond acceptors (Lipinski definition) is 4. The van der Waals surface area contributed by atoms with Crippen molar-refractivity contribution in [2.75, 3.05) is 6.54 Å². The van der Waals surface area contributed by atoms with Crippen LogP contribution in [-0.2, 0) is 29.0 Å². The van der Waals surface area contributed by atoms with Gasteiger partial charge in [-0.3, -0.25) is 4.79 Å². The van der Waals surface area contributed by atoms with E-state index in [2.05, 4.69) is 0 Å². The molecule has 0 N–H and O–H groups in total. The number of alkyl halides is 6. The molecule has 0 atom stereocenters. The van der Waals surface area contributed by atoms with Gasteiger partial charge >= 0.3 is 22.5 Å². The first-order valence-corrected chi connectivity index (χ1v) is 12.6. The van der Waals surface area contributed by atoms with Crippen LogP contribution in [0.4, 0.5) is 26.3 Å². The van der Waals surface area contributed by atoms with E-state index in [1.54, 1.807) is 6.07 Å². The van der Waals surface area contributed by atoms with E-state index in [0.717, 1.165) is 36.4 Å². The molecule has 0 aliphatic heterocycles. The molecule has 3 rings (SSSR count). The SMILES string of the molecule is CC(C)CN(Cc1cccc(OS(=O)(=O)c2cccc(C(F)(F)F)c2)c1)C(=O)c1cccc(C(F)(F)F)c1. The topological polar surface area (TPSA) is 63.7 Å². The van der Waals surface area contributed by atoms with Crippen LogP contribution < -0.4 is 4.18 Å². The fourth-order valence-corrected chi connectivity index (χ4v) is 4.56. The highest BCUT2D eigenvalue weighted by Crippen LogP contribution is 2.32. The molecule has 5 nitrogen and oxygen atoms in total. The number of carbonyl (C=O) groups is 1. The van der Waals surface area contributed by atoms with Crippen LogP contribution in [0.3, 0.4) is 0 Å². The average molecular weight is 560 g/mol. The van der Waals surface area contributed by atoms with Gasteiger partial charge in [-0.1, -0.05) is 38.1 Å². The van der Waals surface area contributed by atoms with Gasteiger partial charge in [0.25, 0.3) is 5.91 Å². The summed E-state index contributed by atoms with van der Waals surface area (Å²) in [5.41, 5.74) is -1.90. The molecule has 0 fully saturated rings. The van der Waals surface area contributed by atoms with Crippen molar-refractivity contribution in [2.24, 2.45) is 5.92 Å². The van der Waals surface area contributed by atoms with Crippen molar-refractivity contribution in [2.45, 2.75) is 37.6 Å². The molecule has 0 spiro atoms. The van der Waals surface area contributed by atoms with Crippen molar-refractivity contribution in [3.8, 4) is 5.75 Å². The second kappa shape index (κ2) is 11.1. The second-order valence-corrected chi connectivity index (χ2v) is 10.4. The lowest BCUT2D eigenvalue weighted by atomic mass is 10.1. The third-order valence-corrected chi connectivity index (χ3v) is 6.48. The Balaban J connectivity index is 1.85. The molecular formula is C26H23F6NO4S. The second-order valence-electron chi connectivity index (χ2n) is 8.87. The van der Waals surface area contributed by atoms with E-state index in [1.807, 2.05) is 13.8 Å². The summed E-state index contributed by atoms with van der Waals surface area (Å²) in [5, 5.41) is 0. The Bertz CT molecular complexity index is 1400. The van der Waals surface area contributed by atoms with E-state index >= 15 is 0 Å². The number of amides is 1. The molecule has 0 aliphatic rings. The Kier molecular flexibility index (Phi) is 8.45. The van der Waals surface area contributed by atoms with E-state index in [1.165, 1.54) is 29.2 Å². The first-order valence-electron chi connectivity index (χ1n) is 11.2. The smallest absolute Gasteiger partial charge is 0.379 e. The van der Waals surface area contributed by atoms with Gasteiger partial charge in [0.2, 0.25) is 0 Å². The van der Waals surface area contributed by atoms with Crippen LogP contribution in [0.15, 0.2) is 77.7 Å². The normalized spacial score (nSPS) is 12.4. The van der Waals surface area contributed by atoms with E-state index in [0.29, 0.717) is 11.6 Å². The lowest BCUT2D eigenvalue weighted by Gasteiger charge is -2.25. The maximum Gasteiger partial charge on any atom is 0.416 e. The molecule has 3 aromatic rings. The molecule has 0 saturated carbocycles. The molecule has 0 aromatic heterocycles. The summed E-state index contributed by atoms with van der Waals surface area (Å²) in [6.45, 7) is 3.72. The van der Waals surface area contributed by atoms with Gasteiger partial charge < -0.3 is 9.08 Å². The number of nitrogens with zero attached hydrogens (tertiary/aromatic N) is 1. The van der Waals surface area contributed by atoms with E-state index in [-0.39, 0.29) is 30.3 Å². The average Bonchev–Trinajstić information content (AvgIpc) is 2.82. The molecule has 3 aromatic carbocycles. The van der Waals surface area contributed by atoms with Gasteiger partial charge in [-0.2, -0.15) is 34.8 Å². The number of benzene rings is 3. The zero-order valence-corrected chi connectivity index (χ0v) is 21.0. The minimum Gasteiger partial charge on any atom is -0.379 e. The molecule has 1 amide bonds. The number of carbonyl (C=O) groups excluding carboxylic acids is 1. The number of hydrogen-bond donors (Lipinski definition) is 0. The molecule has 12 heteroatoms. The summed E-state index contributed by atoms with van der Waals surface area (Å²) in [6, 6.07) is 12.7. The standard InChI is InChI=1S/C26H23F6NO4S/c1-17(2)15-33(24(34)19-7-4-8-20(13-19)25(27,28)29)16-18-6-3-10-22(12-18)37-38(35,36)23-11-5-9-21(14-23)26(30,31)32/h3-14,17H,15-16H2,1-2H3. The largest absolute Gasteiger partial charge is 0.416 e. The van der Waals surface area contributed by atoms with Crippen LogP contribution in [0, 0.1) is 5.92 Å². The van der Waals surface area contributed by atoms with E-state index < -0.39 is 44.4 Å². The van der Waals surface area contributed by atoms with Crippen LogP contribution >= 0.6 is 0 Å². The molecule has 0 radical (unpaired) electrons. The minimum atomic E-state index is -4.75. The van der Waals surface area contributed by atoms with Gasteiger partial charge in [-0.25, -0.2) is 0 Å². The Hall–Kier alpha value is -3.54. The molecule has 0 bridgehead atoms. The van der Waals surface area contributed by atoms with Gasteiger partial charge in [0.15, 0.2) is 0 Å². The van der Waals surface area contributed by atoms with Crippen LogP contribution in [0.5, 0.6) is 5.75 Å². The highest BCUT2D eigenvalue weighted by Gasteiger charge is 2.33. The van der Waals surface area contributed by atoms with E-state index in [9.17, 15) is 39.6 Å². The molecule has 0 aliphatic carbocycles. The first kappa shape index (κ1) is 29.0. The first-order chi connectivity index (χ1) is 17.6.